The van der Waals surface area contributed by atoms with Gasteiger partial charge in [-0.25, -0.2) is 0 Å². The Morgan fingerprint density at radius 2 is 1.73 bits per heavy atom. The van der Waals surface area contributed by atoms with Crippen LogP contribution < -0.4 is 20.3 Å². The first-order valence-electron chi connectivity index (χ1n) is 15.1. The standard InChI is InChI=1S/C35H36N4O6/c1-21-13-26(18-37(2)34(21)42)25-15-30(44-3)28(31(16-25)45-4)20-38-12-11-23(17-38)6-5-22-7-8-24-19-39(35(43)27(24)14-22)29-9-10-32(40)36-33(29)41/h7-8,13-16,18,23,29H,9-12,17,19-20H2,1-4H3,(H,36,40,41). The summed E-state index contributed by atoms with van der Waals surface area (Å²) in [5, 5.41) is 2.34. The predicted octanol–water partition coefficient (Wildman–Crippen LogP) is 3.01. The number of aryl methyl sites for hydroxylation is 2. The van der Waals surface area contributed by atoms with Crippen LogP contribution >= 0.6 is 0 Å². The number of imide groups is 1. The highest BCUT2D eigenvalue weighted by atomic mass is 16.5. The number of amides is 3. The maximum Gasteiger partial charge on any atom is 0.255 e. The first-order chi connectivity index (χ1) is 21.6. The first kappa shape index (κ1) is 30.2. The van der Waals surface area contributed by atoms with Crippen molar-refractivity contribution in [3.8, 4) is 34.5 Å². The summed E-state index contributed by atoms with van der Waals surface area (Å²) in [7, 11) is 5.05. The van der Waals surface area contributed by atoms with E-state index >= 15 is 0 Å². The van der Waals surface area contributed by atoms with Crippen molar-refractivity contribution >= 4 is 17.7 Å². The van der Waals surface area contributed by atoms with Gasteiger partial charge < -0.3 is 18.9 Å². The number of likely N-dealkylation sites (tertiary alicyclic amines) is 1. The third-order valence-corrected chi connectivity index (χ3v) is 8.91. The molecule has 0 aliphatic carbocycles. The van der Waals surface area contributed by atoms with E-state index in [-0.39, 0.29) is 29.7 Å². The van der Waals surface area contributed by atoms with Crippen LogP contribution in [0.3, 0.4) is 0 Å². The van der Waals surface area contributed by atoms with Crippen LogP contribution in [0.2, 0.25) is 0 Å². The molecule has 2 fully saturated rings. The molecule has 0 bridgehead atoms. The second-order valence-electron chi connectivity index (χ2n) is 11.9. The normalized spacial score (nSPS) is 19.6. The smallest absolute Gasteiger partial charge is 0.255 e. The van der Waals surface area contributed by atoms with E-state index in [0.717, 1.165) is 58.8 Å². The van der Waals surface area contributed by atoms with Crippen molar-refractivity contribution in [2.24, 2.45) is 13.0 Å². The van der Waals surface area contributed by atoms with E-state index in [2.05, 4.69) is 22.1 Å². The van der Waals surface area contributed by atoms with Gasteiger partial charge in [-0.3, -0.25) is 29.4 Å². The summed E-state index contributed by atoms with van der Waals surface area (Å²) in [4.78, 5) is 53.2. The molecule has 3 aliphatic heterocycles. The third kappa shape index (κ3) is 5.96. The van der Waals surface area contributed by atoms with E-state index in [4.69, 9.17) is 9.47 Å². The number of methoxy groups -OCH3 is 2. The minimum Gasteiger partial charge on any atom is -0.496 e. The summed E-state index contributed by atoms with van der Waals surface area (Å²) in [5.41, 5.74) is 5.60. The Labute approximate surface area is 261 Å². The summed E-state index contributed by atoms with van der Waals surface area (Å²) >= 11 is 0. The molecular weight excluding hydrogens is 572 g/mol. The second-order valence-corrected chi connectivity index (χ2v) is 11.9. The number of hydrogen-bond acceptors (Lipinski definition) is 7. The molecule has 0 saturated carbocycles. The lowest BCUT2D eigenvalue weighted by molar-refractivity contribution is -0.136. The number of hydrogen-bond donors (Lipinski definition) is 1. The van der Waals surface area contributed by atoms with Gasteiger partial charge in [-0.2, -0.15) is 0 Å². The number of piperidine rings is 1. The molecule has 10 heteroatoms. The molecule has 1 aromatic heterocycles. The number of fused-ring (bicyclic) bond motifs is 1. The molecule has 3 amide bonds. The highest BCUT2D eigenvalue weighted by Gasteiger charge is 2.39. The van der Waals surface area contributed by atoms with Crippen molar-refractivity contribution in [1.82, 2.24) is 19.7 Å². The summed E-state index contributed by atoms with van der Waals surface area (Å²) in [6, 6.07) is 10.9. The summed E-state index contributed by atoms with van der Waals surface area (Å²) < 4.78 is 13.2. The predicted molar refractivity (Wildman–Crippen MR) is 168 cm³/mol. The van der Waals surface area contributed by atoms with Crippen LogP contribution in [0.15, 0.2) is 47.4 Å². The molecule has 6 rings (SSSR count). The minimum atomic E-state index is -0.632. The van der Waals surface area contributed by atoms with Crippen LogP contribution in [0.25, 0.3) is 11.1 Å². The van der Waals surface area contributed by atoms with Gasteiger partial charge in [0.25, 0.3) is 11.5 Å². The van der Waals surface area contributed by atoms with Crippen LogP contribution in [0.4, 0.5) is 0 Å². The number of aromatic nitrogens is 1. The maximum absolute atomic E-state index is 13.2. The minimum absolute atomic E-state index is 0.0259. The molecule has 2 saturated heterocycles. The van der Waals surface area contributed by atoms with E-state index < -0.39 is 11.9 Å². The van der Waals surface area contributed by atoms with Gasteiger partial charge >= 0.3 is 0 Å². The van der Waals surface area contributed by atoms with Gasteiger partial charge in [-0.15, -0.1) is 0 Å². The van der Waals surface area contributed by atoms with E-state index in [1.165, 1.54) is 0 Å². The van der Waals surface area contributed by atoms with Crippen LogP contribution in [0.1, 0.15) is 51.9 Å². The number of carbonyl (C=O) groups excluding carboxylic acids is 3. The van der Waals surface area contributed by atoms with Crippen LogP contribution in [-0.2, 0) is 29.7 Å². The molecule has 10 nitrogen and oxygen atoms in total. The maximum atomic E-state index is 13.2. The highest BCUT2D eigenvalue weighted by molar-refractivity contribution is 6.05. The molecule has 3 aliphatic rings. The van der Waals surface area contributed by atoms with Crippen molar-refractivity contribution in [2.75, 3.05) is 27.3 Å². The number of nitrogens with zero attached hydrogens (tertiary/aromatic N) is 3. The number of carbonyl (C=O) groups is 3. The van der Waals surface area contributed by atoms with E-state index in [9.17, 15) is 19.2 Å². The zero-order valence-electron chi connectivity index (χ0n) is 25.9. The fourth-order valence-electron chi connectivity index (χ4n) is 6.48. The van der Waals surface area contributed by atoms with E-state index in [1.54, 1.807) is 30.7 Å². The van der Waals surface area contributed by atoms with E-state index in [1.807, 2.05) is 49.5 Å². The summed E-state index contributed by atoms with van der Waals surface area (Å²) in [6.45, 7) is 4.46. The van der Waals surface area contributed by atoms with Gasteiger partial charge in [0.15, 0.2) is 0 Å². The fraction of sp³-hybridized carbons (Fsp3) is 0.371. The lowest BCUT2D eigenvalue weighted by Crippen LogP contribution is -2.52. The second kappa shape index (κ2) is 12.3. The summed E-state index contributed by atoms with van der Waals surface area (Å²) in [6.07, 6.45) is 3.30. The third-order valence-electron chi connectivity index (χ3n) is 8.91. The Morgan fingerprint density at radius 3 is 2.42 bits per heavy atom. The van der Waals surface area contributed by atoms with E-state index in [0.29, 0.717) is 30.6 Å². The molecule has 2 unspecified atom stereocenters. The van der Waals surface area contributed by atoms with Crippen LogP contribution in [0, 0.1) is 24.7 Å². The molecular formula is C35H36N4O6. The van der Waals surface area contributed by atoms with Crippen molar-refractivity contribution in [1.29, 1.82) is 0 Å². The Morgan fingerprint density at radius 1 is 0.978 bits per heavy atom. The zero-order valence-corrected chi connectivity index (χ0v) is 25.9. The number of pyridine rings is 1. The summed E-state index contributed by atoms with van der Waals surface area (Å²) in [5.74, 6) is 7.37. The molecule has 3 aromatic rings. The quantitative estimate of drug-likeness (QED) is 0.339. The zero-order chi connectivity index (χ0) is 31.8. The Bertz CT molecular complexity index is 1780. The average Bonchev–Trinajstić information content (AvgIpc) is 3.62. The Hall–Kier alpha value is -4.88. The molecule has 232 valence electrons. The highest BCUT2D eigenvalue weighted by Crippen LogP contribution is 2.37. The largest absolute Gasteiger partial charge is 0.496 e. The average molecular weight is 609 g/mol. The molecule has 4 heterocycles. The van der Waals surface area contributed by atoms with Gasteiger partial charge in [0.05, 0.1) is 19.8 Å². The topological polar surface area (TPSA) is 110 Å². The molecule has 45 heavy (non-hydrogen) atoms. The lowest BCUT2D eigenvalue weighted by atomic mass is 10.0. The van der Waals surface area contributed by atoms with Gasteiger partial charge in [0.1, 0.15) is 17.5 Å². The van der Waals surface area contributed by atoms with Crippen LogP contribution in [-0.4, -0.2) is 65.4 Å². The Balaban J connectivity index is 1.14. The first-order valence-corrected chi connectivity index (χ1v) is 15.1. The van der Waals surface area contributed by atoms with Crippen molar-refractivity contribution < 1.29 is 23.9 Å². The van der Waals surface area contributed by atoms with Crippen LogP contribution in [0.5, 0.6) is 11.5 Å². The monoisotopic (exact) mass is 608 g/mol. The number of rotatable bonds is 6. The number of benzene rings is 2. The molecule has 2 aromatic carbocycles. The van der Waals surface area contributed by atoms with Gasteiger partial charge in [0.2, 0.25) is 11.8 Å². The molecule has 1 N–H and O–H groups in total. The molecule has 2 atom stereocenters. The number of nitrogens with one attached hydrogen (secondary N) is 1. The molecule has 0 spiro atoms. The van der Waals surface area contributed by atoms with Gasteiger partial charge in [-0.05, 0) is 73.3 Å². The number of ether oxygens (including phenoxy) is 2. The van der Waals surface area contributed by atoms with Gasteiger partial charge in [0, 0.05) is 61.9 Å². The van der Waals surface area contributed by atoms with Crippen molar-refractivity contribution in [3.63, 3.8) is 0 Å². The fourth-order valence-corrected chi connectivity index (χ4v) is 6.48. The SMILES string of the molecule is COc1cc(-c2cc(C)c(=O)n(C)c2)cc(OC)c1CN1CCC(C#Cc2ccc3c(c2)C(=O)N(C2CCC(=O)NC2=O)C3)C1. The van der Waals surface area contributed by atoms with Crippen molar-refractivity contribution in [3.05, 3.63) is 80.8 Å². The Kier molecular flexibility index (Phi) is 8.21. The lowest BCUT2D eigenvalue weighted by Gasteiger charge is -2.29. The van der Waals surface area contributed by atoms with Gasteiger partial charge in [-0.1, -0.05) is 17.9 Å². The van der Waals surface area contributed by atoms with Crippen molar-refractivity contribution in [2.45, 2.75) is 45.3 Å². The molecule has 0 radical (unpaired) electrons.